The lowest BCUT2D eigenvalue weighted by molar-refractivity contribution is -0.142. The van der Waals surface area contributed by atoms with Crippen LogP contribution in [0.4, 0.5) is 0 Å². The van der Waals surface area contributed by atoms with Gasteiger partial charge in [0.15, 0.2) is 0 Å². The number of aryl methyl sites for hydroxylation is 1. The molecule has 10 nitrogen and oxygen atoms in total. The lowest BCUT2D eigenvalue weighted by Crippen LogP contribution is -2.53. The number of amides is 3. The van der Waals surface area contributed by atoms with Gasteiger partial charge in [0, 0.05) is 32.4 Å². The molecule has 1 aliphatic carbocycles. The van der Waals surface area contributed by atoms with Crippen molar-refractivity contribution in [3.63, 3.8) is 0 Å². The minimum Gasteiger partial charge on any atom is -0.480 e. The third-order valence-electron chi connectivity index (χ3n) is 8.78. The second kappa shape index (κ2) is 12.2. The Morgan fingerprint density at radius 1 is 0.930 bits per heavy atom. The topological polar surface area (TPSA) is 138 Å². The number of pyridine rings is 1. The number of rotatable bonds is 7. The standard InChI is InChI=1S/C33H36N4O6/c1-21(31(41)42)34-32(43)33(22-9-4-3-5-10-22)17-14-25(24-11-6-7-13-27(24)33)30(40)37-19-15-23(16-20-37)35-28(38)26-12-8-18-36(2)29(26)39/h3-13,18,21,23,25H,14-17,19-20H2,1-2H3,(H,34,43)(H,35,38)(H,41,42)/t21-,25-,33+/m0/s1. The van der Waals surface area contributed by atoms with Crippen molar-refractivity contribution in [2.24, 2.45) is 7.05 Å². The fraction of sp³-hybridized carbons (Fsp3) is 0.364. The zero-order valence-corrected chi connectivity index (χ0v) is 24.3. The second-order valence-electron chi connectivity index (χ2n) is 11.4. The first-order chi connectivity index (χ1) is 20.6. The molecule has 3 aromatic rings. The predicted octanol–water partition coefficient (Wildman–Crippen LogP) is 2.56. The summed E-state index contributed by atoms with van der Waals surface area (Å²) in [5, 5.41) is 15.1. The molecule has 1 aromatic heterocycles. The SMILES string of the molecule is C[C@H](NC(=O)[C@@]1(c2ccccc2)CC[C@H](C(=O)N2CCC(NC(=O)c3cccn(C)c3=O)CC2)c2ccccc21)C(=O)O. The number of piperidine rings is 1. The van der Waals surface area contributed by atoms with E-state index in [2.05, 4.69) is 10.6 Å². The van der Waals surface area contributed by atoms with Gasteiger partial charge in [0.05, 0.1) is 11.3 Å². The van der Waals surface area contributed by atoms with E-state index < -0.39 is 35.2 Å². The Balaban J connectivity index is 1.35. The van der Waals surface area contributed by atoms with E-state index in [0.29, 0.717) is 44.3 Å². The van der Waals surface area contributed by atoms with Gasteiger partial charge in [0.25, 0.3) is 11.5 Å². The number of hydrogen-bond donors (Lipinski definition) is 3. The fourth-order valence-corrected chi connectivity index (χ4v) is 6.37. The number of carboxylic acids is 1. The predicted molar refractivity (Wildman–Crippen MR) is 160 cm³/mol. The van der Waals surface area contributed by atoms with Crippen molar-refractivity contribution in [1.29, 1.82) is 0 Å². The summed E-state index contributed by atoms with van der Waals surface area (Å²) >= 11 is 0. The summed E-state index contributed by atoms with van der Waals surface area (Å²) < 4.78 is 1.36. The van der Waals surface area contributed by atoms with Gasteiger partial charge < -0.3 is 25.2 Å². The molecule has 0 spiro atoms. The van der Waals surface area contributed by atoms with Crippen LogP contribution in [0.2, 0.25) is 0 Å². The van der Waals surface area contributed by atoms with Crippen LogP contribution in [0, 0.1) is 0 Å². The molecule has 5 rings (SSSR count). The van der Waals surface area contributed by atoms with Gasteiger partial charge in [-0.15, -0.1) is 0 Å². The largest absolute Gasteiger partial charge is 0.480 e. The third kappa shape index (κ3) is 5.69. The Labute approximate surface area is 249 Å². The fourth-order valence-electron chi connectivity index (χ4n) is 6.37. The van der Waals surface area contributed by atoms with Crippen LogP contribution in [0.25, 0.3) is 0 Å². The van der Waals surface area contributed by atoms with Gasteiger partial charge in [-0.2, -0.15) is 0 Å². The smallest absolute Gasteiger partial charge is 0.325 e. The highest BCUT2D eigenvalue weighted by Crippen LogP contribution is 2.48. The Hall–Kier alpha value is -4.73. The molecule has 2 aliphatic rings. The van der Waals surface area contributed by atoms with Gasteiger partial charge in [0.2, 0.25) is 11.8 Å². The average molecular weight is 585 g/mol. The summed E-state index contributed by atoms with van der Waals surface area (Å²) in [4.78, 5) is 66.4. The van der Waals surface area contributed by atoms with Crippen molar-refractivity contribution in [2.75, 3.05) is 13.1 Å². The van der Waals surface area contributed by atoms with Crippen LogP contribution in [-0.2, 0) is 26.8 Å². The first-order valence-corrected chi connectivity index (χ1v) is 14.6. The minimum atomic E-state index is -1.15. The Bertz CT molecular complexity index is 1590. The number of carbonyl (C=O) groups excluding carboxylic acids is 3. The van der Waals surface area contributed by atoms with Gasteiger partial charge in [-0.1, -0.05) is 54.6 Å². The Morgan fingerprint density at radius 2 is 1.60 bits per heavy atom. The number of benzene rings is 2. The third-order valence-corrected chi connectivity index (χ3v) is 8.78. The van der Waals surface area contributed by atoms with Crippen LogP contribution < -0.4 is 16.2 Å². The molecule has 0 bridgehead atoms. The Morgan fingerprint density at radius 3 is 2.30 bits per heavy atom. The number of nitrogens with zero attached hydrogens (tertiary/aromatic N) is 2. The summed E-state index contributed by atoms with van der Waals surface area (Å²) in [5.41, 5.74) is 0.786. The van der Waals surface area contributed by atoms with Crippen LogP contribution in [0.5, 0.6) is 0 Å². The number of likely N-dealkylation sites (tertiary alicyclic amines) is 1. The van der Waals surface area contributed by atoms with Crippen LogP contribution in [0.3, 0.4) is 0 Å². The second-order valence-corrected chi connectivity index (χ2v) is 11.4. The van der Waals surface area contributed by atoms with Crippen LogP contribution >= 0.6 is 0 Å². The number of carbonyl (C=O) groups is 4. The summed E-state index contributed by atoms with van der Waals surface area (Å²) in [6.07, 6.45) is 3.46. The molecular formula is C33H36N4O6. The maximum Gasteiger partial charge on any atom is 0.325 e. The molecule has 3 amide bonds. The molecule has 43 heavy (non-hydrogen) atoms. The molecule has 2 heterocycles. The normalized spacial score (nSPS) is 20.9. The first kappa shape index (κ1) is 29.8. The van der Waals surface area contributed by atoms with Crippen LogP contribution in [0.15, 0.2) is 77.7 Å². The summed E-state index contributed by atoms with van der Waals surface area (Å²) in [6, 6.07) is 18.7. The summed E-state index contributed by atoms with van der Waals surface area (Å²) in [7, 11) is 1.60. The van der Waals surface area contributed by atoms with Gasteiger partial charge in [-0.05, 0) is 61.4 Å². The number of fused-ring (bicyclic) bond motifs is 1. The Kier molecular flexibility index (Phi) is 8.47. The molecule has 0 radical (unpaired) electrons. The number of hydrogen-bond acceptors (Lipinski definition) is 5. The summed E-state index contributed by atoms with van der Waals surface area (Å²) in [5.74, 6) is -2.44. The monoisotopic (exact) mass is 584 g/mol. The molecule has 224 valence electrons. The number of nitrogens with one attached hydrogen (secondary N) is 2. The lowest BCUT2D eigenvalue weighted by atomic mass is 9.62. The molecule has 10 heteroatoms. The maximum absolute atomic E-state index is 13.9. The minimum absolute atomic E-state index is 0.0323. The molecule has 1 aliphatic heterocycles. The highest BCUT2D eigenvalue weighted by atomic mass is 16.4. The molecular weight excluding hydrogens is 548 g/mol. The van der Waals surface area contributed by atoms with Crippen molar-refractivity contribution in [3.05, 3.63) is 106 Å². The van der Waals surface area contributed by atoms with Gasteiger partial charge in [-0.25, -0.2) is 0 Å². The molecule has 1 saturated heterocycles. The highest BCUT2D eigenvalue weighted by molar-refractivity contribution is 5.97. The van der Waals surface area contributed by atoms with E-state index in [0.717, 1.165) is 11.1 Å². The van der Waals surface area contributed by atoms with E-state index in [1.807, 2.05) is 59.5 Å². The zero-order chi connectivity index (χ0) is 30.7. The highest BCUT2D eigenvalue weighted by Gasteiger charge is 2.49. The maximum atomic E-state index is 13.9. The van der Waals surface area contributed by atoms with E-state index in [4.69, 9.17) is 0 Å². The van der Waals surface area contributed by atoms with Crippen LogP contribution in [-0.4, -0.2) is 63.4 Å². The number of aliphatic carboxylic acids is 1. The van der Waals surface area contributed by atoms with Crippen molar-refractivity contribution in [3.8, 4) is 0 Å². The van der Waals surface area contributed by atoms with Crippen molar-refractivity contribution in [2.45, 2.75) is 56.0 Å². The van der Waals surface area contributed by atoms with E-state index in [1.54, 1.807) is 19.3 Å². The molecule has 0 unspecified atom stereocenters. The first-order valence-electron chi connectivity index (χ1n) is 14.6. The molecule has 0 saturated carbocycles. The zero-order valence-electron chi connectivity index (χ0n) is 24.3. The lowest BCUT2D eigenvalue weighted by Gasteiger charge is -2.43. The van der Waals surface area contributed by atoms with Crippen molar-refractivity contribution >= 4 is 23.7 Å². The number of carboxylic acid groups (broad SMARTS) is 1. The molecule has 3 N–H and O–H groups in total. The van der Waals surface area contributed by atoms with Gasteiger partial charge in [-0.3, -0.25) is 24.0 Å². The van der Waals surface area contributed by atoms with Gasteiger partial charge >= 0.3 is 5.97 Å². The van der Waals surface area contributed by atoms with Gasteiger partial charge in [0.1, 0.15) is 11.6 Å². The molecule has 2 aromatic carbocycles. The number of aromatic nitrogens is 1. The molecule has 1 fully saturated rings. The summed E-state index contributed by atoms with van der Waals surface area (Å²) in [6.45, 7) is 2.34. The van der Waals surface area contributed by atoms with E-state index >= 15 is 0 Å². The van der Waals surface area contributed by atoms with Crippen LogP contribution in [0.1, 0.15) is 65.6 Å². The van der Waals surface area contributed by atoms with E-state index in [-0.39, 0.29) is 23.1 Å². The van der Waals surface area contributed by atoms with Crippen molar-refractivity contribution < 1.29 is 24.3 Å². The quantitative estimate of drug-likeness (QED) is 0.390. The van der Waals surface area contributed by atoms with E-state index in [1.165, 1.54) is 17.6 Å². The molecule has 3 atom stereocenters. The van der Waals surface area contributed by atoms with E-state index in [9.17, 15) is 29.1 Å². The average Bonchev–Trinajstić information content (AvgIpc) is 3.02. The van der Waals surface area contributed by atoms with Crippen molar-refractivity contribution in [1.82, 2.24) is 20.1 Å².